The Balaban J connectivity index is 0.000000186. The van der Waals surface area contributed by atoms with Gasteiger partial charge in [0.15, 0.2) is 0 Å². The third-order valence-electron chi connectivity index (χ3n) is 7.71. The average Bonchev–Trinajstić information content (AvgIpc) is 3.53. The highest BCUT2D eigenvalue weighted by Crippen LogP contribution is 2.32. The summed E-state index contributed by atoms with van der Waals surface area (Å²) in [7, 11) is 0. The number of hydrogen-bond donors (Lipinski definition) is 2. The van der Waals surface area contributed by atoms with Crippen molar-refractivity contribution in [1.29, 1.82) is 0 Å². The van der Waals surface area contributed by atoms with E-state index in [0.717, 1.165) is 30.1 Å². The molecule has 7 nitrogen and oxygen atoms in total. The summed E-state index contributed by atoms with van der Waals surface area (Å²) >= 11 is 0. The molecule has 6 rings (SSSR count). The van der Waals surface area contributed by atoms with Crippen LogP contribution in [0.2, 0.25) is 0 Å². The zero-order valence-corrected chi connectivity index (χ0v) is 20.7. The zero-order valence-electron chi connectivity index (χ0n) is 20.7. The Morgan fingerprint density at radius 1 is 0.861 bits per heavy atom. The van der Waals surface area contributed by atoms with Gasteiger partial charge in [-0.1, -0.05) is 30.3 Å². The van der Waals surface area contributed by atoms with Gasteiger partial charge < -0.3 is 15.0 Å². The predicted octanol–water partition coefficient (Wildman–Crippen LogP) is 3.92. The van der Waals surface area contributed by atoms with Crippen molar-refractivity contribution < 1.29 is 19.1 Å². The van der Waals surface area contributed by atoms with Gasteiger partial charge in [0.05, 0.1) is 6.10 Å². The molecule has 1 atom stereocenters. The Morgan fingerprint density at radius 2 is 1.61 bits per heavy atom. The Labute approximate surface area is 212 Å². The lowest BCUT2D eigenvalue weighted by Gasteiger charge is -2.29. The van der Waals surface area contributed by atoms with Gasteiger partial charge in [-0.15, -0.1) is 0 Å². The van der Waals surface area contributed by atoms with E-state index in [2.05, 4.69) is 41.0 Å². The maximum Gasteiger partial charge on any atom is 0.255 e. The summed E-state index contributed by atoms with van der Waals surface area (Å²) in [4.78, 5) is 37.5. The van der Waals surface area contributed by atoms with Gasteiger partial charge in [-0.3, -0.25) is 19.7 Å². The number of fused-ring (bicyclic) bond motifs is 1. The molecular formula is C29H35N3O4. The number of nitrogens with zero attached hydrogens (tertiary/aromatic N) is 1. The number of imide groups is 1. The molecule has 4 aliphatic rings. The first-order valence-corrected chi connectivity index (χ1v) is 13.3. The Bertz CT molecular complexity index is 1090. The highest BCUT2D eigenvalue weighted by Gasteiger charge is 2.39. The van der Waals surface area contributed by atoms with Gasteiger partial charge in [0, 0.05) is 18.5 Å². The highest BCUT2D eigenvalue weighted by atomic mass is 16.5. The number of hydrogen-bond acceptors (Lipinski definition) is 5. The van der Waals surface area contributed by atoms with E-state index < -0.39 is 6.04 Å². The molecule has 1 aliphatic carbocycles. The number of amides is 3. The molecule has 2 aromatic carbocycles. The normalized spacial score (nSPS) is 22.6. The van der Waals surface area contributed by atoms with Crippen molar-refractivity contribution in [3.8, 4) is 5.75 Å². The number of carbonyl (C=O) groups is 3. The van der Waals surface area contributed by atoms with Crippen LogP contribution in [-0.2, 0) is 16.1 Å². The van der Waals surface area contributed by atoms with Crippen LogP contribution in [0.4, 0.5) is 0 Å². The topological polar surface area (TPSA) is 87.7 Å². The molecule has 1 saturated carbocycles. The zero-order chi connectivity index (χ0) is 24.9. The third kappa shape index (κ3) is 5.62. The molecule has 0 bridgehead atoms. The molecule has 1 unspecified atom stereocenters. The standard InChI is InChI=1S/C18H20N2O4.C11H15N/c21-16-8-7-15(17(22)19-16)20-10-11-9-13(5-6-14(11)18(20)23)24-12-3-1-2-4-12;1-2-4-10(5-3-1)11-6-8-12-9-7-11/h5-6,9,12,15H,1-4,7-8,10H2,(H,19,21,22);1-5,11-12H,6-9H2. The maximum absolute atomic E-state index is 12.6. The van der Waals surface area contributed by atoms with Crippen molar-refractivity contribution in [2.75, 3.05) is 13.1 Å². The molecule has 7 heteroatoms. The molecule has 3 fully saturated rings. The maximum atomic E-state index is 12.6. The third-order valence-corrected chi connectivity index (χ3v) is 7.71. The molecule has 2 saturated heterocycles. The van der Waals surface area contributed by atoms with Gasteiger partial charge in [0.2, 0.25) is 11.8 Å². The molecule has 36 heavy (non-hydrogen) atoms. The second-order valence-electron chi connectivity index (χ2n) is 10.2. The summed E-state index contributed by atoms with van der Waals surface area (Å²) in [6, 6.07) is 15.8. The van der Waals surface area contributed by atoms with Crippen LogP contribution in [0.15, 0.2) is 48.5 Å². The summed E-state index contributed by atoms with van der Waals surface area (Å²) in [6.07, 6.45) is 8.09. The van der Waals surface area contributed by atoms with Gasteiger partial charge in [-0.2, -0.15) is 0 Å². The summed E-state index contributed by atoms with van der Waals surface area (Å²) in [5, 5.41) is 5.70. The van der Waals surface area contributed by atoms with Crippen LogP contribution in [0.25, 0.3) is 0 Å². The van der Waals surface area contributed by atoms with Crippen LogP contribution in [0, 0.1) is 0 Å². The van der Waals surface area contributed by atoms with E-state index in [4.69, 9.17) is 4.74 Å². The smallest absolute Gasteiger partial charge is 0.255 e. The fourth-order valence-corrected chi connectivity index (χ4v) is 5.70. The minimum Gasteiger partial charge on any atom is -0.490 e. The molecule has 190 valence electrons. The van der Waals surface area contributed by atoms with E-state index in [1.54, 1.807) is 11.0 Å². The summed E-state index contributed by atoms with van der Waals surface area (Å²) < 4.78 is 6.00. The van der Waals surface area contributed by atoms with Gasteiger partial charge in [0.1, 0.15) is 11.8 Å². The lowest BCUT2D eigenvalue weighted by Crippen LogP contribution is -2.52. The van der Waals surface area contributed by atoms with Crippen molar-refractivity contribution in [2.45, 2.75) is 76.0 Å². The minimum atomic E-state index is -0.568. The van der Waals surface area contributed by atoms with Crippen molar-refractivity contribution in [3.63, 3.8) is 0 Å². The van der Waals surface area contributed by atoms with Gasteiger partial charge in [-0.25, -0.2) is 0 Å². The Morgan fingerprint density at radius 3 is 2.33 bits per heavy atom. The number of carbonyl (C=O) groups excluding carboxylic acids is 3. The van der Waals surface area contributed by atoms with Gasteiger partial charge >= 0.3 is 0 Å². The molecule has 3 heterocycles. The Kier molecular flexibility index (Phi) is 7.66. The number of nitrogens with one attached hydrogen (secondary N) is 2. The predicted molar refractivity (Wildman–Crippen MR) is 137 cm³/mol. The lowest BCUT2D eigenvalue weighted by molar-refractivity contribution is -0.136. The van der Waals surface area contributed by atoms with E-state index in [0.29, 0.717) is 18.5 Å². The first-order chi connectivity index (χ1) is 17.6. The van der Waals surface area contributed by atoms with E-state index in [1.165, 1.54) is 44.3 Å². The average molecular weight is 490 g/mol. The fraction of sp³-hybridized carbons (Fsp3) is 0.483. The number of ether oxygens (including phenoxy) is 1. The van der Waals surface area contributed by atoms with Crippen molar-refractivity contribution in [2.24, 2.45) is 0 Å². The van der Waals surface area contributed by atoms with Crippen molar-refractivity contribution in [1.82, 2.24) is 15.5 Å². The molecule has 0 spiro atoms. The first-order valence-electron chi connectivity index (χ1n) is 13.3. The van der Waals surface area contributed by atoms with E-state index >= 15 is 0 Å². The molecule has 3 aliphatic heterocycles. The summed E-state index contributed by atoms with van der Waals surface area (Å²) in [5.41, 5.74) is 3.03. The first kappa shape index (κ1) is 24.5. The van der Waals surface area contributed by atoms with Crippen molar-refractivity contribution >= 4 is 17.7 Å². The highest BCUT2D eigenvalue weighted by molar-refractivity contribution is 6.05. The number of rotatable bonds is 4. The largest absolute Gasteiger partial charge is 0.490 e. The second kappa shape index (κ2) is 11.2. The molecule has 2 aromatic rings. The molecular weight excluding hydrogens is 454 g/mol. The molecule has 3 amide bonds. The monoisotopic (exact) mass is 489 g/mol. The number of piperidine rings is 2. The van der Waals surface area contributed by atoms with Crippen LogP contribution >= 0.6 is 0 Å². The van der Waals surface area contributed by atoms with Gasteiger partial charge in [-0.05, 0) is 93.3 Å². The summed E-state index contributed by atoms with van der Waals surface area (Å²) in [6.45, 7) is 2.75. The van der Waals surface area contributed by atoms with E-state index in [1.807, 2.05) is 12.1 Å². The van der Waals surface area contributed by atoms with Crippen LogP contribution in [-0.4, -0.2) is 47.9 Å². The fourth-order valence-electron chi connectivity index (χ4n) is 5.70. The number of benzene rings is 2. The summed E-state index contributed by atoms with van der Waals surface area (Å²) in [5.74, 6) is 0.792. The Hall–Kier alpha value is -3.19. The van der Waals surface area contributed by atoms with Crippen LogP contribution in [0.5, 0.6) is 5.75 Å². The molecule has 2 N–H and O–H groups in total. The van der Waals surface area contributed by atoms with Crippen molar-refractivity contribution in [3.05, 3.63) is 65.2 Å². The molecule has 0 radical (unpaired) electrons. The van der Waals surface area contributed by atoms with E-state index in [9.17, 15) is 14.4 Å². The van der Waals surface area contributed by atoms with Crippen LogP contribution < -0.4 is 15.4 Å². The van der Waals surface area contributed by atoms with Crippen LogP contribution in [0.1, 0.15) is 78.8 Å². The quantitative estimate of drug-likeness (QED) is 0.636. The van der Waals surface area contributed by atoms with Crippen LogP contribution in [0.3, 0.4) is 0 Å². The lowest BCUT2D eigenvalue weighted by atomic mass is 9.90. The van der Waals surface area contributed by atoms with E-state index in [-0.39, 0.29) is 30.2 Å². The van der Waals surface area contributed by atoms with Gasteiger partial charge in [0.25, 0.3) is 5.91 Å². The minimum absolute atomic E-state index is 0.146. The molecule has 0 aromatic heterocycles. The second-order valence-corrected chi connectivity index (χ2v) is 10.2. The SMILES string of the molecule is O=C1CCC(N2Cc3cc(OC4CCCC4)ccc3C2=O)C(=O)N1.c1ccc(C2CCNCC2)cc1.